The van der Waals surface area contributed by atoms with Gasteiger partial charge in [0.05, 0.1) is 18.4 Å². The number of piperidine rings is 1. The van der Waals surface area contributed by atoms with E-state index >= 15 is 0 Å². The lowest BCUT2D eigenvalue weighted by Gasteiger charge is -2.30. The van der Waals surface area contributed by atoms with Crippen LogP contribution in [0.1, 0.15) is 19.3 Å². The van der Waals surface area contributed by atoms with Gasteiger partial charge in [-0.2, -0.15) is 0 Å². The summed E-state index contributed by atoms with van der Waals surface area (Å²) in [5.41, 5.74) is 0. The molecule has 2 saturated carbocycles. The maximum absolute atomic E-state index is 5.70. The molecule has 2 saturated heterocycles. The molecule has 2 N–H and O–H groups in total. The average Bonchev–Trinajstić information content (AvgIpc) is 2.80. The fourth-order valence-corrected chi connectivity index (χ4v) is 4.34. The summed E-state index contributed by atoms with van der Waals surface area (Å²) in [7, 11) is 2.06. The summed E-state index contributed by atoms with van der Waals surface area (Å²) in [6.07, 6.45) is 5.91. The summed E-state index contributed by atoms with van der Waals surface area (Å²) in [5, 5.41) is 7.11. The highest BCUT2D eigenvalue weighted by atomic mass is 16.6. The van der Waals surface area contributed by atoms with Gasteiger partial charge in [-0.25, -0.2) is 0 Å². The van der Waals surface area contributed by atoms with E-state index in [0.717, 1.165) is 23.8 Å². The molecule has 0 aromatic heterocycles. The summed E-state index contributed by atoms with van der Waals surface area (Å²) in [5.74, 6) is 2.76. The van der Waals surface area contributed by atoms with Gasteiger partial charge in [0.25, 0.3) is 0 Å². The summed E-state index contributed by atoms with van der Waals surface area (Å²) in [6, 6.07) is 0.785. The van der Waals surface area contributed by atoms with E-state index in [9.17, 15) is 0 Å². The molecule has 0 radical (unpaired) electrons. The molecule has 7 atom stereocenters. The van der Waals surface area contributed by atoms with Crippen molar-refractivity contribution in [1.82, 2.24) is 10.6 Å². The Balaban J connectivity index is 1.62. The fourth-order valence-electron chi connectivity index (χ4n) is 4.34. The molecule has 14 heavy (non-hydrogen) atoms. The Morgan fingerprint density at radius 2 is 2.21 bits per heavy atom. The van der Waals surface area contributed by atoms with Gasteiger partial charge in [0, 0.05) is 6.04 Å². The van der Waals surface area contributed by atoms with E-state index in [2.05, 4.69) is 17.7 Å². The zero-order valence-corrected chi connectivity index (χ0v) is 8.57. The normalized spacial score (nSPS) is 63.6. The van der Waals surface area contributed by atoms with Crippen LogP contribution < -0.4 is 10.6 Å². The number of hydrogen-bond acceptors (Lipinski definition) is 3. The lowest BCUT2D eigenvalue weighted by Crippen LogP contribution is -2.50. The van der Waals surface area contributed by atoms with E-state index in [1.54, 1.807) is 0 Å². The van der Waals surface area contributed by atoms with E-state index in [0.29, 0.717) is 18.4 Å². The molecule has 6 unspecified atom stereocenters. The molecular formula is C11H18N2O. The van der Waals surface area contributed by atoms with E-state index in [-0.39, 0.29) is 0 Å². The van der Waals surface area contributed by atoms with Crippen LogP contribution in [0.5, 0.6) is 0 Å². The van der Waals surface area contributed by atoms with Crippen molar-refractivity contribution < 1.29 is 4.74 Å². The van der Waals surface area contributed by atoms with Gasteiger partial charge in [-0.1, -0.05) is 0 Å². The molecule has 4 aliphatic rings. The van der Waals surface area contributed by atoms with E-state index in [4.69, 9.17) is 4.74 Å². The maximum Gasteiger partial charge on any atom is 0.0876 e. The molecule has 3 nitrogen and oxygen atoms in total. The van der Waals surface area contributed by atoms with Gasteiger partial charge in [0.2, 0.25) is 0 Å². The first-order valence-corrected chi connectivity index (χ1v) is 5.95. The minimum atomic E-state index is 0.557. The van der Waals surface area contributed by atoms with Gasteiger partial charge >= 0.3 is 0 Å². The highest BCUT2D eigenvalue weighted by molar-refractivity contribution is 5.13. The van der Waals surface area contributed by atoms with E-state index < -0.39 is 0 Å². The monoisotopic (exact) mass is 194 g/mol. The molecule has 2 heterocycles. The van der Waals surface area contributed by atoms with Crippen LogP contribution in [0, 0.1) is 17.8 Å². The van der Waals surface area contributed by atoms with Crippen molar-refractivity contribution in [1.29, 1.82) is 0 Å². The molecule has 78 valence electrons. The molecule has 4 fully saturated rings. The third kappa shape index (κ3) is 0.884. The number of hydrogen-bond donors (Lipinski definition) is 2. The Labute approximate surface area is 84.6 Å². The molecule has 0 spiro atoms. The Hall–Kier alpha value is -0.120. The first-order chi connectivity index (χ1) is 6.86. The molecule has 0 aromatic carbocycles. The van der Waals surface area contributed by atoms with Crippen molar-refractivity contribution in [2.45, 2.75) is 43.7 Å². The van der Waals surface area contributed by atoms with Crippen molar-refractivity contribution in [3.63, 3.8) is 0 Å². The first kappa shape index (κ1) is 8.08. The lowest BCUT2D eigenvalue weighted by atomic mass is 9.88. The summed E-state index contributed by atoms with van der Waals surface area (Å²) < 4.78 is 5.70. The maximum atomic E-state index is 5.70. The largest absolute Gasteiger partial charge is 0.369 e. The van der Waals surface area contributed by atoms with Gasteiger partial charge in [-0.05, 0) is 44.1 Å². The number of nitrogens with one attached hydrogen (secondary N) is 2. The van der Waals surface area contributed by atoms with Gasteiger partial charge in [-0.3, -0.25) is 5.32 Å². The molecule has 3 heteroatoms. The molecule has 2 aliphatic carbocycles. The van der Waals surface area contributed by atoms with Crippen LogP contribution in [-0.4, -0.2) is 31.5 Å². The van der Waals surface area contributed by atoms with Gasteiger partial charge in [-0.15, -0.1) is 0 Å². The van der Waals surface area contributed by atoms with Crippen LogP contribution in [0.25, 0.3) is 0 Å². The van der Waals surface area contributed by atoms with Crippen LogP contribution in [0.4, 0.5) is 0 Å². The SMILES string of the molecule is CNC1CC2C[C@H](N1)C1CC3OC3C21. The lowest BCUT2D eigenvalue weighted by molar-refractivity contribution is 0.192. The van der Waals surface area contributed by atoms with Crippen LogP contribution in [0.3, 0.4) is 0 Å². The van der Waals surface area contributed by atoms with Gasteiger partial charge in [0.15, 0.2) is 0 Å². The van der Waals surface area contributed by atoms with Crippen LogP contribution >= 0.6 is 0 Å². The minimum Gasteiger partial charge on any atom is -0.369 e. The zero-order valence-electron chi connectivity index (χ0n) is 8.57. The Kier molecular flexibility index (Phi) is 1.45. The number of epoxide rings is 1. The smallest absolute Gasteiger partial charge is 0.0876 e. The quantitative estimate of drug-likeness (QED) is 0.590. The van der Waals surface area contributed by atoms with Gasteiger partial charge < -0.3 is 10.1 Å². The number of ether oxygens (including phenoxy) is 1. The minimum absolute atomic E-state index is 0.557. The van der Waals surface area contributed by atoms with Crippen molar-refractivity contribution in [3.8, 4) is 0 Å². The van der Waals surface area contributed by atoms with Crippen molar-refractivity contribution in [3.05, 3.63) is 0 Å². The molecule has 0 amide bonds. The third-order valence-electron chi connectivity index (χ3n) is 4.92. The number of rotatable bonds is 1. The highest BCUT2D eigenvalue weighted by Gasteiger charge is 2.63. The Morgan fingerprint density at radius 1 is 1.29 bits per heavy atom. The fraction of sp³-hybridized carbons (Fsp3) is 1.00. The molecular weight excluding hydrogens is 176 g/mol. The average molecular weight is 194 g/mol. The van der Waals surface area contributed by atoms with E-state index in [1.165, 1.54) is 19.3 Å². The Morgan fingerprint density at radius 3 is 3.07 bits per heavy atom. The molecule has 2 bridgehead atoms. The van der Waals surface area contributed by atoms with Crippen molar-refractivity contribution in [2.75, 3.05) is 7.05 Å². The standard InChI is InChI=1S/C11H18N2O/c1-12-9-3-5-2-7(13-9)6-4-8-11(14-8)10(5)6/h5-13H,2-4H2,1H3/t5?,6?,7-,8?,9?,10?,11?/m0/s1. The zero-order chi connectivity index (χ0) is 9.28. The molecule has 4 rings (SSSR count). The van der Waals surface area contributed by atoms with Crippen molar-refractivity contribution >= 4 is 0 Å². The summed E-state index contributed by atoms with van der Waals surface area (Å²) in [4.78, 5) is 0. The second kappa shape index (κ2) is 2.52. The molecule has 2 aliphatic heterocycles. The predicted molar refractivity (Wildman–Crippen MR) is 52.8 cm³/mol. The highest BCUT2D eigenvalue weighted by Crippen LogP contribution is 2.58. The van der Waals surface area contributed by atoms with Crippen LogP contribution in [0.15, 0.2) is 0 Å². The van der Waals surface area contributed by atoms with Crippen LogP contribution in [-0.2, 0) is 4.74 Å². The Bertz CT molecular complexity index is 270. The predicted octanol–water partition coefficient (Wildman–Crippen LogP) is 0.317. The van der Waals surface area contributed by atoms with Crippen molar-refractivity contribution in [2.24, 2.45) is 17.8 Å². The summed E-state index contributed by atoms with van der Waals surface area (Å²) >= 11 is 0. The van der Waals surface area contributed by atoms with Crippen LogP contribution in [0.2, 0.25) is 0 Å². The second-order valence-electron chi connectivity index (χ2n) is 5.46. The van der Waals surface area contributed by atoms with E-state index in [1.807, 2.05) is 0 Å². The van der Waals surface area contributed by atoms with Gasteiger partial charge in [0.1, 0.15) is 0 Å². The topological polar surface area (TPSA) is 36.6 Å². The first-order valence-electron chi connectivity index (χ1n) is 5.95. The third-order valence-corrected chi connectivity index (χ3v) is 4.92. The second-order valence-corrected chi connectivity index (χ2v) is 5.46. The summed E-state index contributed by atoms with van der Waals surface area (Å²) in [6.45, 7) is 0. The molecule has 0 aromatic rings. The number of fused-ring (bicyclic) bond motifs is 7.